The van der Waals surface area contributed by atoms with Crippen LogP contribution in [0, 0.1) is 0 Å². The average molecular weight is 339 g/mol. The number of aliphatic hydroxyl groups excluding tert-OH is 2. The van der Waals surface area contributed by atoms with Gasteiger partial charge in [-0.3, -0.25) is 4.79 Å². The lowest BCUT2D eigenvalue weighted by Gasteiger charge is -2.15. The van der Waals surface area contributed by atoms with Gasteiger partial charge in [0.15, 0.2) is 18.0 Å². The summed E-state index contributed by atoms with van der Waals surface area (Å²) in [7, 11) is 0. The SMILES string of the molecule is CCCNOC(=O)C(O)C(O)C(=O)OCCC(=O)c1ccccc1. The number of carbonyl (C=O) groups excluding carboxylic acids is 3. The highest BCUT2D eigenvalue weighted by atomic mass is 16.7. The molecule has 0 spiro atoms. The van der Waals surface area contributed by atoms with Crippen LogP contribution >= 0.6 is 0 Å². The van der Waals surface area contributed by atoms with E-state index in [1.807, 2.05) is 6.92 Å². The molecule has 0 saturated carbocycles. The Morgan fingerprint density at radius 3 is 2.33 bits per heavy atom. The Bertz CT molecular complexity index is 547. The van der Waals surface area contributed by atoms with Crippen LogP contribution in [0.1, 0.15) is 30.1 Å². The van der Waals surface area contributed by atoms with Crippen molar-refractivity contribution >= 4 is 17.7 Å². The minimum atomic E-state index is -2.09. The van der Waals surface area contributed by atoms with Crippen LogP contribution in [0.3, 0.4) is 0 Å². The smallest absolute Gasteiger partial charge is 0.356 e. The van der Waals surface area contributed by atoms with Crippen molar-refractivity contribution in [3.63, 3.8) is 0 Å². The molecule has 1 aromatic rings. The van der Waals surface area contributed by atoms with Crippen LogP contribution in [-0.4, -0.2) is 53.3 Å². The number of esters is 1. The first-order valence-electron chi connectivity index (χ1n) is 7.52. The summed E-state index contributed by atoms with van der Waals surface area (Å²) in [5, 5.41) is 19.1. The highest BCUT2D eigenvalue weighted by Gasteiger charge is 2.33. The highest BCUT2D eigenvalue weighted by Crippen LogP contribution is 2.04. The summed E-state index contributed by atoms with van der Waals surface area (Å²) in [4.78, 5) is 39.2. The zero-order chi connectivity index (χ0) is 17.9. The van der Waals surface area contributed by atoms with Crippen molar-refractivity contribution in [2.45, 2.75) is 32.0 Å². The Morgan fingerprint density at radius 2 is 1.71 bits per heavy atom. The second-order valence-corrected chi connectivity index (χ2v) is 4.91. The largest absolute Gasteiger partial charge is 0.463 e. The Labute approximate surface area is 139 Å². The van der Waals surface area contributed by atoms with E-state index in [0.29, 0.717) is 18.5 Å². The van der Waals surface area contributed by atoms with Gasteiger partial charge in [0.2, 0.25) is 0 Å². The van der Waals surface area contributed by atoms with Crippen molar-refractivity contribution in [1.29, 1.82) is 0 Å². The maximum absolute atomic E-state index is 11.8. The molecule has 0 radical (unpaired) electrons. The summed E-state index contributed by atoms with van der Waals surface area (Å²) in [6, 6.07) is 8.43. The summed E-state index contributed by atoms with van der Waals surface area (Å²) >= 11 is 0. The molecule has 0 saturated heterocycles. The summed E-state index contributed by atoms with van der Waals surface area (Å²) in [5.41, 5.74) is 2.74. The van der Waals surface area contributed by atoms with Crippen LogP contribution in [0.4, 0.5) is 0 Å². The minimum absolute atomic E-state index is 0.0823. The van der Waals surface area contributed by atoms with Crippen molar-refractivity contribution < 1.29 is 34.2 Å². The van der Waals surface area contributed by atoms with Gasteiger partial charge in [0, 0.05) is 18.5 Å². The molecular weight excluding hydrogens is 318 g/mol. The number of hydrogen-bond acceptors (Lipinski definition) is 8. The fraction of sp³-hybridized carbons (Fsp3) is 0.438. The predicted octanol–water partition coefficient (Wildman–Crippen LogP) is -0.0178. The lowest BCUT2D eigenvalue weighted by Crippen LogP contribution is -2.43. The fourth-order valence-corrected chi connectivity index (χ4v) is 1.64. The quantitative estimate of drug-likeness (QED) is 0.235. The van der Waals surface area contributed by atoms with Gasteiger partial charge in [-0.05, 0) is 6.42 Å². The molecule has 0 fully saturated rings. The number of hydrogen-bond donors (Lipinski definition) is 3. The van der Waals surface area contributed by atoms with E-state index in [0.717, 1.165) is 0 Å². The second kappa shape index (κ2) is 10.5. The number of Topliss-reactive ketones (excluding diaryl/α,β-unsaturated/α-hetero) is 1. The molecule has 2 atom stereocenters. The number of benzene rings is 1. The van der Waals surface area contributed by atoms with E-state index in [1.165, 1.54) is 0 Å². The number of aliphatic hydroxyl groups is 2. The molecule has 1 aromatic carbocycles. The van der Waals surface area contributed by atoms with E-state index < -0.39 is 24.1 Å². The third-order valence-electron chi connectivity index (χ3n) is 2.98. The van der Waals surface area contributed by atoms with Gasteiger partial charge in [-0.25, -0.2) is 9.59 Å². The molecule has 0 amide bonds. The average Bonchev–Trinajstić information content (AvgIpc) is 2.61. The van der Waals surface area contributed by atoms with E-state index >= 15 is 0 Å². The summed E-state index contributed by atoms with van der Waals surface area (Å²) < 4.78 is 4.69. The first kappa shape index (κ1) is 19.8. The van der Waals surface area contributed by atoms with Gasteiger partial charge < -0.3 is 19.8 Å². The molecule has 3 N–H and O–H groups in total. The maximum Gasteiger partial charge on any atom is 0.356 e. The van der Waals surface area contributed by atoms with Crippen molar-refractivity contribution in [2.24, 2.45) is 0 Å². The highest BCUT2D eigenvalue weighted by molar-refractivity contribution is 5.96. The van der Waals surface area contributed by atoms with Crippen molar-refractivity contribution in [3.05, 3.63) is 35.9 Å². The van der Waals surface area contributed by atoms with Gasteiger partial charge in [-0.2, -0.15) is 5.48 Å². The zero-order valence-electron chi connectivity index (χ0n) is 13.3. The Kier molecular flexibility index (Phi) is 8.63. The van der Waals surface area contributed by atoms with Crippen molar-refractivity contribution in [3.8, 4) is 0 Å². The molecule has 0 aliphatic rings. The molecule has 0 aromatic heterocycles. The molecule has 132 valence electrons. The fourth-order valence-electron chi connectivity index (χ4n) is 1.64. The van der Waals surface area contributed by atoms with Gasteiger partial charge in [0.1, 0.15) is 0 Å². The molecule has 0 heterocycles. The van der Waals surface area contributed by atoms with E-state index in [2.05, 4.69) is 10.3 Å². The van der Waals surface area contributed by atoms with Gasteiger partial charge in [0.25, 0.3) is 0 Å². The summed E-state index contributed by atoms with van der Waals surface area (Å²) in [6.45, 7) is 1.92. The summed E-state index contributed by atoms with van der Waals surface area (Å²) in [5.74, 6) is -2.65. The summed E-state index contributed by atoms with van der Waals surface area (Å²) in [6.07, 6.45) is -3.57. The second-order valence-electron chi connectivity index (χ2n) is 4.91. The van der Waals surface area contributed by atoms with E-state index in [-0.39, 0.29) is 18.8 Å². The first-order chi connectivity index (χ1) is 11.5. The van der Waals surface area contributed by atoms with Crippen LogP contribution in [-0.2, 0) is 19.2 Å². The standard InChI is InChI=1S/C16H21NO7/c1-2-9-17-24-16(22)14(20)13(19)15(21)23-10-8-12(18)11-6-4-3-5-7-11/h3-7,13-14,17,19-20H,2,8-10H2,1H3. The Balaban J connectivity index is 2.35. The number of ether oxygens (including phenoxy) is 1. The van der Waals surface area contributed by atoms with Crippen LogP contribution in [0.15, 0.2) is 30.3 Å². The van der Waals surface area contributed by atoms with Gasteiger partial charge in [0.05, 0.1) is 6.61 Å². The molecule has 0 aliphatic carbocycles. The topological polar surface area (TPSA) is 122 Å². The van der Waals surface area contributed by atoms with Crippen molar-refractivity contribution in [1.82, 2.24) is 5.48 Å². The first-order valence-corrected chi connectivity index (χ1v) is 7.52. The molecule has 24 heavy (non-hydrogen) atoms. The molecular formula is C16H21NO7. The van der Waals surface area contributed by atoms with Crippen LogP contribution < -0.4 is 5.48 Å². The number of ketones is 1. The number of hydroxylamine groups is 1. The van der Waals surface area contributed by atoms with E-state index in [1.54, 1.807) is 30.3 Å². The van der Waals surface area contributed by atoms with Gasteiger partial charge in [-0.15, -0.1) is 0 Å². The number of rotatable bonds is 10. The molecule has 2 unspecified atom stereocenters. The Morgan fingerprint density at radius 1 is 1.08 bits per heavy atom. The van der Waals surface area contributed by atoms with E-state index in [9.17, 15) is 24.6 Å². The third-order valence-corrected chi connectivity index (χ3v) is 2.98. The zero-order valence-corrected chi connectivity index (χ0v) is 13.3. The van der Waals surface area contributed by atoms with Crippen LogP contribution in [0.2, 0.25) is 0 Å². The molecule has 0 aliphatic heterocycles. The number of carbonyl (C=O) groups is 3. The Hall–Kier alpha value is -2.29. The lowest BCUT2D eigenvalue weighted by atomic mass is 10.1. The third kappa shape index (κ3) is 6.45. The number of nitrogens with one attached hydrogen (secondary N) is 1. The van der Waals surface area contributed by atoms with Crippen LogP contribution in [0.25, 0.3) is 0 Å². The monoisotopic (exact) mass is 339 g/mol. The predicted molar refractivity (Wildman–Crippen MR) is 82.7 cm³/mol. The maximum atomic E-state index is 11.8. The van der Waals surface area contributed by atoms with Gasteiger partial charge in [-0.1, -0.05) is 37.3 Å². The normalized spacial score (nSPS) is 13.0. The molecule has 8 nitrogen and oxygen atoms in total. The lowest BCUT2D eigenvalue weighted by molar-refractivity contribution is -0.177. The van der Waals surface area contributed by atoms with E-state index in [4.69, 9.17) is 4.74 Å². The minimum Gasteiger partial charge on any atom is -0.463 e. The molecule has 0 bridgehead atoms. The molecule has 8 heteroatoms. The van der Waals surface area contributed by atoms with Gasteiger partial charge >= 0.3 is 11.9 Å². The molecule has 1 rings (SSSR count). The van der Waals surface area contributed by atoms with Crippen molar-refractivity contribution in [2.75, 3.05) is 13.2 Å². The van der Waals surface area contributed by atoms with Crippen LogP contribution in [0.5, 0.6) is 0 Å².